The molecule has 12 heteroatoms. The second kappa shape index (κ2) is 11.4. The van der Waals surface area contributed by atoms with E-state index in [1.807, 2.05) is 32.9 Å². The minimum Gasteiger partial charge on any atom is -0.444 e. The van der Waals surface area contributed by atoms with Gasteiger partial charge in [0.25, 0.3) is 0 Å². The van der Waals surface area contributed by atoms with E-state index in [-0.39, 0.29) is 12.6 Å². The molecule has 1 N–H and O–H groups in total. The maximum absolute atomic E-state index is 13.7. The molecule has 40 heavy (non-hydrogen) atoms. The molecule has 0 aromatic carbocycles. The van der Waals surface area contributed by atoms with Crippen LogP contribution in [-0.2, 0) is 16.0 Å². The minimum absolute atomic E-state index is 0.0494. The molecule has 0 unspecified atom stereocenters. The molecule has 0 aliphatic carbocycles. The zero-order valence-electron chi connectivity index (χ0n) is 22.7. The van der Waals surface area contributed by atoms with E-state index in [0.717, 1.165) is 0 Å². The number of nitrogens with zero attached hydrogens (tertiary/aromatic N) is 7. The Balaban J connectivity index is 1.27. The number of aromatic nitrogens is 4. The molecule has 3 aromatic rings. The van der Waals surface area contributed by atoms with Gasteiger partial charge in [0.2, 0.25) is 5.95 Å². The highest BCUT2D eigenvalue weighted by molar-refractivity contribution is 5.69. The van der Waals surface area contributed by atoms with Crippen molar-refractivity contribution >= 4 is 23.5 Å². The number of hydrogen-bond acceptors (Lipinski definition) is 10. The highest BCUT2D eigenvalue weighted by atomic mass is 19.1. The van der Waals surface area contributed by atoms with Crippen molar-refractivity contribution in [3.8, 4) is 17.3 Å². The molecule has 208 valence electrons. The summed E-state index contributed by atoms with van der Waals surface area (Å²) in [4.78, 5) is 34.0. The van der Waals surface area contributed by atoms with Crippen molar-refractivity contribution in [3.63, 3.8) is 0 Å². The molecule has 0 spiro atoms. The first-order chi connectivity index (χ1) is 19.2. The van der Waals surface area contributed by atoms with Crippen molar-refractivity contribution in [2.24, 2.45) is 0 Å². The third kappa shape index (κ3) is 6.43. The van der Waals surface area contributed by atoms with Crippen LogP contribution >= 0.6 is 0 Å². The molecule has 2 saturated heterocycles. The zero-order valence-corrected chi connectivity index (χ0v) is 22.7. The molecule has 0 bridgehead atoms. The van der Waals surface area contributed by atoms with Gasteiger partial charge < -0.3 is 19.7 Å². The Morgan fingerprint density at radius 2 is 2.08 bits per heavy atom. The van der Waals surface area contributed by atoms with Crippen LogP contribution < -0.4 is 10.2 Å². The predicted molar refractivity (Wildman–Crippen MR) is 146 cm³/mol. The summed E-state index contributed by atoms with van der Waals surface area (Å²) in [5, 5.41) is 12.8. The Morgan fingerprint density at radius 1 is 1.25 bits per heavy atom. The van der Waals surface area contributed by atoms with Gasteiger partial charge in [-0.3, -0.25) is 9.88 Å². The fourth-order valence-electron chi connectivity index (χ4n) is 4.38. The average molecular weight is 547 g/mol. The lowest BCUT2D eigenvalue weighted by molar-refractivity contribution is -0.0734. The Kier molecular flexibility index (Phi) is 7.75. The van der Waals surface area contributed by atoms with Gasteiger partial charge in [-0.1, -0.05) is 0 Å². The summed E-state index contributed by atoms with van der Waals surface area (Å²) >= 11 is 0. The summed E-state index contributed by atoms with van der Waals surface area (Å²) in [5.74, 6) is 0.830. The highest BCUT2D eigenvalue weighted by Gasteiger charge is 2.33. The van der Waals surface area contributed by atoms with E-state index in [0.29, 0.717) is 72.7 Å². The quantitative estimate of drug-likeness (QED) is 0.459. The van der Waals surface area contributed by atoms with Gasteiger partial charge in [0.15, 0.2) is 0 Å². The SMILES string of the molecule is CC(C)(C)OC(=O)N(Cc1ccc(Nc2nccc(-c3cnc(N4CC[C@H](F)C4)c(C#N)c3)n2)cn1)C1COC1. The lowest BCUT2D eigenvalue weighted by atomic mass is 10.1. The number of hydrogen-bond donors (Lipinski definition) is 1. The summed E-state index contributed by atoms with van der Waals surface area (Å²) in [6.45, 7) is 7.51. The Hall–Kier alpha value is -4.37. The largest absolute Gasteiger partial charge is 0.444 e. The van der Waals surface area contributed by atoms with Gasteiger partial charge in [-0.2, -0.15) is 5.26 Å². The van der Waals surface area contributed by atoms with Crippen LogP contribution in [0.5, 0.6) is 0 Å². The van der Waals surface area contributed by atoms with Gasteiger partial charge in [0.1, 0.15) is 23.7 Å². The molecule has 11 nitrogen and oxygen atoms in total. The molecular weight excluding hydrogens is 515 g/mol. The Morgan fingerprint density at radius 3 is 2.70 bits per heavy atom. The van der Waals surface area contributed by atoms with E-state index in [1.165, 1.54) is 0 Å². The van der Waals surface area contributed by atoms with E-state index < -0.39 is 17.9 Å². The summed E-state index contributed by atoms with van der Waals surface area (Å²) < 4.78 is 24.5. The average Bonchev–Trinajstić information content (AvgIpc) is 3.33. The second-order valence-electron chi connectivity index (χ2n) is 10.8. The van der Waals surface area contributed by atoms with Gasteiger partial charge in [0.05, 0.1) is 61.2 Å². The molecule has 3 aromatic heterocycles. The molecular formula is C28H31FN8O3. The third-order valence-electron chi connectivity index (χ3n) is 6.47. The smallest absolute Gasteiger partial charge is 0.411 e. The number of alkyl halides is 1. The van der Waals surface area contributed by atoms with Gasteiger partial charge in [-0.05, 0) is 51.5 Å². The number of nitriles is 1. The standard InChI is InChI=1S/C28H31FN8O3/c1-28(2,3)40-27(38)37(23-16-39-17-23)15-22-5-4-21(13-32-22)34-26-31-8-6-24(35-26)19-10-18(11-30)25(33-12-19)36-9-7-20(29)14-36/h4-6,8,10,12-13,20,23H,7,9,14-17H2,1-3H3,(H,31,34,35)/t20-/m0/s1. The molecule has 1 amide bonds. The highest BCUT2D eigenvalue weighted by Crippen LogP contribution is 2.28. The number of amides is 1. The molecule has 5 heterocycles. The summed E-state index contributed by atoms with van der Waals surface area (Å²) in [6.07, 6.45) is 4.02. The van der Waals surface area contributed by atoms with Crippen LogP contribution in [0.1, 0.15) is 38.4 Å². The number of anilines is 3. The lowest BCUT2D eigenvalue weighted by Crippen LogP contribution is -2.52. The fourth-order valence-corrected chi connectivity index (χ4v) is 4.38. The number of carbonyl (C=O) groups is 1. The van der Waals surface area contributed by atoms with Crippen LogP contribution in [0.25, 0.3) is 11.3 Å². The van der Waals surface area contributed by atoms with Gasteiger partial charge in [-0.25, -0.2) is 24.1 Å². The van der Waals surface area contributed by atoms with Gasteiger partial charge >= 0.3 is 6.09 Å². The number of carbonyl (C=O) groups excluding carboxylic acids is 1. The molecule has 2 aliphatic rings. The summed E-state index contributed by atoms with van der Waals surface area (Å²) in [6, 6.07) is 9.22. The van der Waals surface area contributed by atoms with E-state index in [4.69, 9.17) is 9.47 Å². The van der Waals surface area contributed by atoms with Crippen LogP contribution in [0, 0.1) is 11.3 Å². The Labute approximate surface area is 232 Å². The van der Waals surface area contributed by atoms with Crippen LogP contribution in [0.3, 0.4) is 0 Å². The number of pyridine rings is 2. The topological polar surface area (TPSA) is 129 Å². The minimum atomic E-state index is -0.909. The monoisotopic (exact) mass is 546 g/mol. The van der Waals surface area contributed by atoms with Crippen LogP contribution in [0.15, 0.2) is 42.9 Å². The second-order valence-corrected chi connectivity index (χ2v) is 10.8. The number of halogens is 1. The van der Waals surface area contributed by atoms with E-state index in [2.05, 4.69) is 31.3 Å². The predicted octanol–water partition coefficient (Wildman–Crippen LogP) is 4.23. The normalized spacial score (nSPS) is 17.2. The van der Waals surface area contributed by atoms with Crippen LogP contribution in [0.4, 0.5) is 26.6 Å². The molecule has 5 rings (SSSR count). The Bertz CT molecular complexity index is 1400. The molecule has 0 radical (unpaired) electrons. The maximum atomic E-state index is 13.7. The van der Waals surface area contributed by atoms with Crippen molar-refractivity contribution < 1.29 is 18.7 Å². The van der Waals surface area contributed by atoms with Crippen molar-refractivity contribution in [1.82, 2.24) is 24.8 Å². The molecule has 2 fully saturated rings. The van der Waals surface area contributed by atoms with Crippen molar-refractivity contribution in [1.29, 1.82) is 5.26 Å². The molecule has 1 atom stereocenters. The van der Waals surface area contributed by atoms with Crippen LogP contribution in [-0.4, -0.2) is 75.0 Å². The first kappa shape index (κ1) is 27.2. The lowest BCUT2D eigenvalue weighted by Gasteiger charge is -2.37. The first-order valence-corrected chi connectivity index (χ1v) is 13.1. The van der Waals surface area contributed by atoms with E-state index >= 15 is 0 Å². The maximum Gasteiger partial charge on any atom is 0.411 e. The summed E-state index contributed by atoms with van der Waals surface area (Å²) in [7, 11) is 0. The van der Waals surface area contributed by atoms with E-state index in [9.17, 15) is 14.4 Å². The van der Waals surface area contributed by atoms with Crippen LogP contribution in [0.2, 0.25) is 0 Å². The zero-order chi connectivity index (χ0) is 28.3. The van der Waals surface area contributed by atoms with Crippen molar-refractivity contribution in [2.75, 3.05) is 36.5 Å². The fraction of sp³-hybridized carbons (Fsp3) is 0.429. The number of ether oxygens (including phenoxy) is 2. The molecule has 2 aliphatic heterocycles. The van der Waals surface area contributed by atoms with E-state index in [1.54, 1.807) is 40.5 Å². The molecule has 0 saturated carbocycles. The van der Waals surface area contributed by atoms with Crippen molar-refractivity contribution in [3.05, 3.63) is 54.1 Å². The number of nitrogens with one attached hydrogen (secondary N) is 1. The van der Waals surface area contributed by atoms with Gasteiger partial charge in [-0.15, -0.1) is 0 Å². The summed E-state index contributed by atoms with van der Waals surface area (Å²) in [5.41, 5.74) is 2.36. The van der Waals surface area contributed by atoms with Gasteiger partial charge in [0, 0.05) is 24.5 Å². The number of rotatable bonds is 7. The third-order valence-corrected chi connectivity index (χ3v) is 6.47. The van der Waals surface area contributed by atoms with Crippen molar-refractivity contribution in [2.45, 2.75) is 51.6 Å². The first-order valence-electron chi connectivity index (χ1n) is 13.1.